The third-order valence-electron chi connectivity index (χ3n) is 3.62. The molecule has 0 radical (unpaired) electrons. The van der Waals surface area contributed by atoms with Crippen LogP contribution in [0, 0.1) is 5.92 Å². The molecule has 0 aromatic heterocycles. The molecule has 3 atom stereocenters. The van der Waals surface area contributed by atoms with E-state index in [2.05, 4.69) is 30.5 Å². The lowest BCUT2D eigenvalue weighted by Crippen LogP contribution is -2.39. The Labute approximate surface area is 92.2 Å². The van der Waals surface area contributed by atoms with Gasteiger partial charge in [-0.15, -0.1) is 0 Å². The molecule has 1 fully saturated rings. The molecule has 0 saturated heterocycles. The van der Waals surface area contributed by atoms with Gasteiger partial charge in [0, 0.05) is 18.5 Å². The first-order valence-corrected chi connectivity index (χ1v) is 5.96. The Morgan fingerprint density at radius 1 is 1.47 bits per heavy atom. The zero-order valence-electron chi connectivity index (χ0n) is 9.74. The molecule has 0 aromatic rings. The molecule has 3 heteroatoms. The molecule has 1 heterocycles. The van der Waals surface area contributed by atoms with E-state index in [-0.39, 0.29) is 6.10 Å². The van der Waals surface area contributed by atoms with Crippen LogP contribution >= 0.6 is 0 Å². The van der Waals surface area contributed by atoms with Crippen LogP contribution in [0.4, 0.5) is 0 Å². The minimum absolute atomic E-state index is 0.118. The highest BCUT2D eigenvalue weighted by atomic mass is 16.3. The van der Waals surface area contributed by atoms with E-state index < -0.39 is 0 Å². The Morgan fingerprint density at radius 3 is 3.00 bits per heavy atom. The predicted molar refractivity (Wildman–Crippen MR) is 61.5 cm³/mol. The molecule has 15 heavy (non-hydrogen) atoms. The molecule has 1 saturated carbocycles. The second kappa shape index (κ2) is 4.54. The topological polar surface area (TPSA) is 35.5 Å². The van der Waals surface area contributed by atoms with E-state index in [4.69, 9.17) is 0 Å². The van der Waals surface area contributed by atoms with Crippen LogP contribution in [-0.2, 0) is 0 Å². The van der Waals surface area contributed by atoms with Crippen LogP contribution in [0.3, 0.4) is 0 Å². The molecule has 1 aliphatic heterocycles. The van der Waals surface area contributed by atoms with Gasteiger partial charge >= 0.3 is 0 Å². The van der Waals surface area contributed by atoms with Crippen molar-refractivity contribution in [2.24, 2.45) is 5.92 Å². The van der Waals surface area contributed by atoms with Gasteiger partial charge in [0.05, 0.1) is 6.10 Å². The zero-order chi connectivity index (χ0) is 10.8. The van der Waals surface area contributed by atoms with Crippen LogP contribution in [0.25, 0.3) is 0 Å². The fraction of sp³-hybridized carbons (Fsp3) is 0.833. The highest BCUT2D eigenvalue weighted by Gasteiger charge is 2.37. The van der Waals surface area contributed by atoms with Crippen molar-refractivity contribution >= 4 is 0 Å². The number of hydrogen-bond donors (Lipinski definition) is 2. The van der Waals surface area contributed by atoms with Crippen LogP contribution < -0.4 is 5.32 Å². The molecular formula is C12H22N2O. The maximum absolute atomic E-state index is 10.0. The first-order chi connectivity index (χ1) is 7.18. The third-order valence-corrected chi connectivity index (χ3v) is 3.62. The van der Waals surface area contributed by atoms with Crippen LogP contribution in [0.5, 0.6) is 0 Å². The smallest absolute Gasteiger partial charge is 0.0625 e. The fourth-order valence-electron chi connectivity index (χ4n) is 2.77. The number of fused-ring (bicyclic) bond motifs is 1. The van der Waals surface area contributed by atoms with Crippen molar-refractivity contribution < 1.29 is 5.11 Å². The van der Waals surface area contributed by atoms with Gasteiger partial charge in [0.15, 0.2) is 0 Å². The minimum Gasteiger partial charge on any atom is -0.392 e. The molecule has 0 aromatic carbocycles. The normalized spacial score (nSPS) is 34.9. The number of nitrogens with zero attached hydrogens (tertiary/aromatic N) is 1. The average Bonchev–Trinajstić information content (AvgIpc) is 2.59. The van der Waals surface area contributed by atoms with Crippen molar-refractivity contribution in [2.75, 3.05) is 20.6 Å². The summed E-state index contributed by atoms with van der Waals surface area (Å²) in [5.41, 5.74) is 1.42. The van der Waals surface area contributed by atoms with Gasteiger partial charge in [-0.2, -0.15) is 0 Å². The largest absolute Gasteiger partial charge is 0.392 e. The molecule has 1 aliphatic carbocycles. The first kappa shape index (κ1) is 11.0. The highest BCUT2D eigenvalue weighted by Crippen LogP contribution is 2.35. The molecule has 2 N–H and O–H groups in total. The fourth-order valence-corrected chi connectivity index (χ4v) is 2.77. The van der Waals surface area contributed by atoms with Gasteiger partial charge in [-0.1, -0.05) is 0 Å². The van der Waals surface area contributed by atoms with Crippen molar-refractivity contribution in [1.82, 2.24) is 10.2 Å². The Morgan fingerprint density at radius 2 is 2.27 bits per heavy atom. The summed E-state index contributed by atoms with van der Waals surface area (Å²) in [5, 5.41) is 13.4. The number of rotatable bonds is 3. The van der Waals surface area contributed by atoms with Gasteiger partial charge in [-0.05, 0) is 51.6 Å². The van der Waals surface area contributed by atoms with E-state index in [0.29, 0.717) is 12.0 Å². The van der Waals surface area contributed by atoms with Gasteiger partial charge < -0.3 is 15.3 Å². The van der Waals surface area contributed by atoms with E-state index in [1.807, 2.05) is 0 Å². The minimum atomic E-state index is -0.118. The molecule has 86 valence electrons. The standard InChI is InChI=1S/C12H22N2O/c1-14(2)7-6-9-8-13-10-4-3-5-11(15)12(9)10/h8,10-13,15H,3-7H2,1-2H3. The van der Waals surface area contributed by atoms with E-state index >= 15 is 0 Å². The Balaban J connectivity index is 1.94. The molecule has 0 bridgehead atoms. The number of aliphatic hydroxyl groups excluding tert-OH is 1. The molecule has 2 aliphatic rings. The maximum Gasteiger partial charge on any atom is 0.0625 e. The van der Waals surface area contributed by atoms with E-state index in [0.717, 1.165) is 25.8 Å². The van der Waals surface area contributed by atoms with Gasteiger partial charge in [0.2, 0.25) is 0 Å². The molecule has 0 spiro atoms. The van der Waals surface area contributed by atoms with Gasteiger partial charge in [-0.3, -0.25) is 0 Å². The second-order valence-corrected chi connectivity index (χ2v) is 5.07. The summed E-state index contributed by atoms with van der Waals surface area (Å²) in [6, 6.07) is 0.505. The lowest BCUT2D eigenvalue weighted by Gasteiger charge is -2.32. The Hall–Kier alpha value is -0.540. The summed E-state index contributed by atoms with van der Waals surface area (Å²) in [5.74, 6) is 0.388. The van der Waals surface area contributed by atoms with Crippen molar-refractivity contribution in [3.8, 4) is 0 Å². The molecule has 2 rings (SSSR count). The number of nitrogens with one attached hydrogen (secondary N) is 1. The summed E-state index contributed by atoms with van der Waals surface area (Å²) in [4.78, 5) is 2.20. The van der Waals surface area contributed by atoms with Gasteiger partial charge in [0.25, 0.3) is 0 Å². The average molecular weight is 210 g/mol. The maximum atomic E-state index is 10.0. The van der Waals surface area contributed by atoms with Crippen LogP contribution in [-0.4, -0.2) is 42.8 Å². The molecule has 0 amide bonds. The Bertz CT molecular complexity index is 250. The summed E-state index contributed by atoms with van der Waals surface area (Å²) < 4.78 is 0. The second-order valence-electron chi connectivity index (χ2n) is 5.07. The third kappa shape index (κ3) is 2.34. The monoisotopic (exact) mass is 210 g/mol. The zero-order valence-corrected chi connectivity index (χ0v) is 9.74. The SMILES string of the molecule is CN(C)CCC1=CNC2CCCC(O)C12. The summed E-state index contributed by atoms with van der Waals surface area (Å²) in [7, 11) is 4.19. The van der Waals surface area contributed by atoms with Crippen molar-refractivity contribution in [1.29, 1.82) is 0 Å². The van der Waals surface area contributed by atoms with Crippen LogP contribution in [0.1, 0.15) is 25.7 Å². The number of hydrogen-bond acceptors (Lipinski definition) is 3. The molecule has 3 nitrogen and oxygen atoms in total. The van der Waals surface area contributed by atoms with Gasteiger partial charge in [-0.25, -0.2) is 0 Å². The molecular weight excluding hydrogens is 188 g/mol. The highest BCUT2D eigenvalue weighted by molar-refractivity contribution is 5.19. The predicted octanol–water partition coefficient (Wildman–Crippen LogP) is 0.955. The summed E-state index contributed by atoms with van der Waals surface area (Å²) >= 11 is 0. The van der Waals surface area contributed by atoms with Crippen molar-refractivity contribution in [3.05, 3.63) is 11.8 Å². The van der Waals surface area contributed by atoms with E-state index in [1.165, 1.54) is 12.0 Å². The Kier molecular flexibility index (Phi) is 3.32. The first-order valence-electron chi connectivity index (χ1n) is 5.96. The van der Waals surface area contributed by atoms with E-state index in [1.54, 1.807) is 0 Å². The summed E-state index contributed by atoms with van der Waals surface area (Å²) in [6.07, 6.45) is 6.45. The number of aliphatic hydroxyl groups is 1. The quantitative estimate of drug-likeness (QED) is 0.728. The van der Waals surface area contributed by atoms with Crippen molar-refractivity contribution in [3.63, 3.8) is 0 Å². The van der Waals surface area contributed by atoms with Crippen LogP contribution in [0.15, 0.2) is 11.8 Å². The molecule has 3 unspecified atom stereocenters. The summed E-state index contributed by atoms with van der Waals surface area (Å²) in [6.45, 7) is 1.07. The van der Waals surface area contributed by atoms with Crippen molar-refractivity contribution in [2.45, 2.75) is 37.8 Å². The van der Waals surface area contributed by atoms with Crippen LogP contribution in [0.2, 0.25) is 0 Å². The van der Waals surface area contributed by atoms with Gasteiger partial charge in [0.1, 0.15) is 0 Å². The lowest BCUT2D eigenvalue weighted by atomic mass is 9.79. The van der Waals surface area contributed by atoms with E-state index in [9.17, 15) is 5.11 Å². The lowest BCUT2D eigenvalue weighted by molar-refractivity contribution is 0.0745.